The number of unbranched alkanes of at least 4 members (excludes halogenated alkanes) is 39. The molecule has 0 saturated carbocycles. The maximum atomic E-state index is 13.3. The van der Waals surface area contributed by atoms with E-state index in [1.165, 1.54) is 218 Å². The normalized spacial score (nSPS) is 24.9. The Bertz CT molecular complexity index is 1330. The van der Waals surface area contributed by atoms with E-state index >= 15 is 0 Å². The summed E-state index contributed by atoms with van der Waals surface area (Å²) in [5.74, 6) is -0.233. The van der Waals surface area contributed by atoms with Crippen LogP contribution in [-0.4, -0.2) is 140 Å². The molecule has 450 valence electrons. The van der Waals surface area contributed by atoms with Crippen LogP contribution in [0.4, 0.5) is 0 Å². The van der Waals surface area contributed by atoms with Gasteiger partial charge in [-0.05, 0) is 19.3 Å². The van der Waals surface area contributed by atoms with E-state index in [1.54, 1.807) is 6.08 Å². The number of nitrogens with one attached hydrogen (secondary N) is 1. The monoisotopic (exact) mass is 1090 g/mol. The lowest BCUT2D eigenvalue weighted by Crippen LogP contribution is -2.65. The second-order valence-electron chi connectivity index (χ2n) is 22.9. The quantitative estimate of drug-likeness (QED) is 0.0204. The molecule has 0 radical (unpaired) electrons. The van der Waals surface area contributed by atoms with E-state index in [1.807, 2.05) is 6.08 Å². The van der Waals surface area contributed by atoms with Crippen LogP contribution in [0.1, 0.15) is 284 Å². The lowest BCUT2D eigenvalue weighted by Gasteiger charge is -2.46. The number of carbonyl (C=O) groups excluding carboxylic acids is 1. The Morgan fingerprint density at radius 1 is 0.461 bits per heavy atom. The van der Waals surface area contributed by atoms with Crippen molar-refractivity contribution < 1.29 is 64.6 Å². The van der Waals surface area contributed by atoms with Crippen LogP contribution in [0.5, 0.6) is 0 Å². The third-order valence-electron chi connectivity index (χ3n) is 16.0. The molecule has 76 heavy (non-hydrogen) atoms. The van der Waals surface area contributed by atoms with Crippen LogP contribution in [0, 0.1) is 0 Å². The van der Waals surface area contributed by atoms with Crippen LogP contribution in [0.2, 0.25) is 0 Å². The summed E-state index contributed by atoms with van der Waals surface area (Å²) in [5.41, 5.74) is 0. The van der Waals surface area contributed by atoms with E-state index in [2.05, 4.69) is 19.2 Å². The van der Waals surface area contributed by atoms with Crippen molar-refractivity contribution in [3.63, 3.8) is 0 Å². The highest BCUT2D eigenvalue weighted by atomic mass is 16.7. The van der Waals surface area contributed by atoms with Gasteiger partial charge in [0.05, 0.1) is 32.0 Å². The summed E-state index contributed by atoms with van der Waals surface area (Å²) in [6.45, 7) is 2.84. The highest BCUT2D eigenvalue weighted by molar-refractivity contribution is 5.76. The Balaban J connectivity index is 1.74. The number of ether oxygens (including phenoxy) is 4. The molecule has 2 aliphatic heterocycles. The molecule has 2 heterocycles. The van der Waals surface area contributed by atoms with Crippen LogP contribution < -0.4 is 5.32 Å². The van der Waals surface area contributed by atoms with Gasteiger partial charge in [-0.15, -0.1) is 0 Å². The smallest absolute Gasteiger partial charge is 0.220 e. The molecule has 14 heteroatoms. The number of aliphatic hydroxyl groups is 8. The van der Waals surface area contributed by atoms with Crippen molar-refractivity contribution in [2.24, 2.45) is 0 Å². The lowest BCUT2D eigenvalue weighted by atomic mass is 9.97. The van der Waals surface area contributed by atoms with Crippen LogP contribution >= 0.6 is 0 Å². The van der Waals surface area contributed by atoms with Gasteiger partial charge in [-0.1, -0.05) is 270 Å². The molecular formula is C62H119NO13. The topological polar surface area (TPSA) is 228 Å². The number of carbonyl (C=O) groups is 1. The molecule has 14 nitrogen and oxygen atoms in total. The van der Waals surface area contributed by atoms with Gasteiger partial charge in [0.15, 0.2) is 12.6 Å². The average Bonchev–Trinajstić information content (AvgIpc) is 3.42. The molecule has 2 rings (SSSR count). The minimum absolute atomic E-state index is 0.233. The van der Waals surface area contributed by atoms with Crippen molar-refractivity contribution >= 4 is 5.91 Å². The van der Waals surface area contributed by atoms with Gasteiger partial charge in [-0.25, -0.2) is 0 Å². The number of amides is 1. The van der Waals surface area contributed by atoms with Crippen molar-refractivity contribution in [3.8, 4) is 0 Å². The largest absolute Gasteiger partial charge is 0.394 e. The first-order valence-corrected chi connectivity index (χ1v) is 31.9. The Labute approximate surface area is 463 Å². The first-order chi connectivity index (χ1) is 37.1. The summed E-state index contributed by atoms with van der Waals surface area (Å²) in [7, 11) is 0. The highest BCUT2D eigenvalue weighted by Crippen LogP contribution is 2.30. The predicted octanol–water partition coefficient (Wildman–Crippen LogP) is 11.5. The van der Waals surface area contributed by atoms with Crippen molar-refractivity contribution in [1.82, 2.24) is 5.32 Å². The fourth-order valence-corrected chi connectivity index (χ4v) is 10.8. The molecule has 2 aliphatic rings. The Morgan fingerprint density at radius 3 is 1.21 bits per heavy atom. The van der Waals surface area contributed by atoms with Crippen LogP contribution in [0.3, 0.4) is 0 Å². The Hall–Kier alpha value is -1.27. The summed E-state index contributed by atoms with van der Waals surface area (Å²) >= 11 is 0. The average molecular weight is 1090 g/mol. The van der Waals surface area contributed by atoms with Crippen molar-refractivity contribution in [1.29, 1.82) is 0 Å². The van der Waals surface area contributed by atoms with Gasteiger partial charge in [0.2, 0.25) is 5.91 Å². The summed E-state index contributed by atoms with van der Waals surface area (Å²) in [4.78, 5) is 13.3. The first-order valence-electron chi connectivity index (χ1n) is 31.9. The van der Waals surface area contributed by atoms with Gasteiger partial charge in [0.25, 0.3) is 0 Å². The summed E-state index contributed by atoms with van der Waals surface area (Å²) in [6.07, 6.45) is 39.6. The maximum absolute atomic E-state index is 13.3. The fourth-order valence-electron chi connectivity index (χ4n) is 10.8. The summed E-state index contributed by atoms with van der Waals surface area (Å²) in [6, 6.07) is -0.910. The molecule has 0 aromatic rings. The first kappa shape index (κ1) is 70.8. The molecule has 0 spiro atoms. The van der Waals surface area contributed by atoms with Crippen molar-refractivity contribution in [2.45, 2.75) is 357 Å². The number of aliphatic hydroxyl groups excluding tert-OH is 8. The second-order valence-corrected chi connectivity index (χ2v) is 22.9. The van der Waals surface area contributed by atoms with Gasteiger partial charge >= 0.3 is 0 Å². The van der Waals surface area contributed by atoms with E-state index < -0.39 is 86.8 Å². The van der Waals surface area contributed by atoms with Crippen LogP contribution in [0.25, 0.3) is 0 Å². The zero-order valence-electron chi connectivity index (χ0n) is 48.5. The zero-order chi connectivity index (χ0) is 55.3. The van der Waals surface area contributed by atoms with Crippen LogP contribution in [-0.2, 0) is 23.7 Å². The molecule has 0 bridgehead atoms. The van der Waals surface area contributed by atoms with Crippen molar-refractivity contribution in [3.05, 3.63) is 12.2 Å². The van der Waals surface area contributed by atoms with E-state index in [0.717, 1.165) is 38.5 Å². The maximum Gasteiger partial charge on any atom is 0.220 e. The summed E-state index contributed by atoms with van der Waals surface area (Å²) in [5, 5.41) is 87.2. The molecule has 0 aromatic carbocycles. The highest BCUT2D eigenvalue weighted by Gasteiger charge is 2.51. The molecule has 0 aliphatic carbocycles. The standard InChI is InChI=1S/C62H119NO13/c1-3-5-7-9-11-13-15-17-19-21-23-24-25-26-28-29-31-33-35-37-39-41-43-45-51(66)50(63-54(67)46-44-42-40-38-36-34-32-30-27-22-20-18-16-14-12-10-8-6-4-2)49-73-61-59(72)57(70)60(53(48-65)75-61)76-62-58(71)56(69)55(68)52(47-64)74-62/h43,45,50-53,55-62,64-66,68-72H,3-42,44,46-49H2,1-2H3,(H,63,67)/b45-43+. The molecule has 2 fully saturated rings. The molecule has 1 amide bonds. The van der Waals surface area contributed by atoms with Crippen LogP contribution in [0.15, 0.2) is 12.2 Å². The molecular weight excluding hydrogens is 967 g/mol. The Kier molecular flexibility index (Phi) is 45.1. The summed E-state index contributed by atoms with van der Waals surface area (Å²) < 4.78 is 22.8. The second kappa shape index (κ2) is 48.4. The zero-order valence-corrected chi connectivity index (χ0v) is 48.5. The SMILES string of the molecule is CCCCCCCCCCCCCCCCCCCCCCC/C=C/C(O)C(COC1OC(CO)C(OC2OC(CO)C(O)C(O)C2O)C(O)C1O)NC(=O)CCCCCCCCCCCCCCCCCCCCC. The van der Waals surface area contributed by atoms with E-state index in [4.69, 9.17) is 18.9 Å². The van der Waals surface area contributed by atoms with Gasteiger partial charge in [0, 0.05) is 6.42 Å². The number of allylic oxidation sites excluding steroid dienone is 1. The molecule has 12 atom stereocenters. The van der Waals surface area contributed by atoms with Gasteiger partial charge in [-0.3, -0.25) is 4.79 Å². The van der Waals surface area contributed by atoms with E-state index in [9.17, 15) is 45.6 Å². The minimum atomic E-state index is -1.79. The number of hydrogen-bond donors (Lipinski definition) is 9. The third-order valence-corrected chi connectivity index (χ3v) is 16.0. The van der Waals surface area contributed by atoms with Crippen molar-refractivity contribution in [2.75, 3.05) is 19.8 Å². The van der Waals surface area contributed by atoms with Gasteiger partial charge in [-0.2, -0.15) is 0 Å². The third kappa shape index (κ3) is 33.5. The lowest BCUT2D eigenvalue weighted by molar-refractivity contribution is -0.359. The van der Waals surface area contributed by atoms with E-state index in [0.29, 0.717) is 6.42 Å². The molecule has 9 N–H and O–H groups in total. The Morgan fingerprint density at radius 2 is 0.816 bits per heavy atom. The predicted molar refractivity (Wildman–Crippen MR) is 305 cm³/mol. The van der Waals surface area contributed by atoms with Gasteiger partial charge < -0.3 is 65.1 Å². The van der Waals surface area contributed by atoms with Gasteiger partial charge in [0.1, 0.15) is 48.8 Å². The van der Waals surface area contributed by atoms with E-state index in [-0.39, 0.29) is 18.9 Å². The molecule has 2 saturated heterocycles. The molecule has 12 unspecified atom stereocenters. The number of rotatable bonds is 52. The fraction of sp³-hybridized carbons (Fsp3) is 0.952. The minimum Gasteiger partial charge on any atom is -0.394 e. The molecule has 0 aromatic heterocycles. The number of hydrogen-bond acceptors (Lipinski definition) is 13.